The molecule has 112 valence electrons. The Hall–Kier alpha value is -1.27. The van der Waals surface area contributed by atoms with Crippen LogP contribution in [-0.2, 0) is 11.3 Å². The van der Waals surface area contributed by atoms with Crippen molar-refractivity contribution in [3.63, 3.8) is 0 Å². The van der Waals surface area contributed by atoms with Crippen LogP contribution in [0.2, 0.25) is 0 Å². The van der Waals surface area contributed by atoms with Gasteiger partial charge >= 0.3 is 0 Å². The van der Waals surface area contributed by atoms with Crippen molar-refractivity contribution >= 4 is 21.8 Å². The number of primary amides is 1. The smallest absolute Gasteiger partial charge is 0.219 e. The van der Waals surface area contributed by atoms with Gasteiger partial charge in [-0.3, -0.25) is 4.79 Å². The standard InChI is InChI=1S/C14H21BrN2O3/c1-14(2,7-13(16)18)17-8-9-5-11(19-3)12(20-4)6-10(9)15/h5-6,17H,7-8H2,1-4H3,(H2,16,18). The quantitative estimate of drug-likeness (QED) is 0.795. The fourth-order valence-electron chi connectivity index (χ4n) is 1.86. The van der Waals surface area contributed by atoms with Crippen molar-refractivity contribution < 1.29 is 14.3 Å². The van der Waals surface area contributed by atoms with Gasteiger partial charge < -0.3 is 20.5 Å². The third-order valence-corrected chi connectivity index (χ3v) is 3.66. The number of rotatable bonds is 7. The maximum Gasteiger partial charge on any atom is 0.219 e. The van der Waals surface area contributed by atoms with E-state index < -0.39 is 0 Å². The molecule has 1 aromatic rings. The molecule has 0 saturated heterocycles. The number of hydrogen-bond donors (Lipinski definition) is 2. The van der Waals surface area contributed by atoms with Crippen molar-refractivity contribution in [3.8, 4) is 11.5 Å². The van der Waals surface area contributed by atoms with E-state index in [0.717, 1.165) is 10.0 Å². The van der Waals surface area contributed by atoms with Crippen LogP contribution in [0.5, 0.6) is 11.5 Å². The van der Waals surface area contributed by atoms with Crippen molar-refractivity contribution in [2.45, 2.75) is 32.4 Å². The summed E-state index contributed by atoms with van der Waals surface area (Å²) < 4.78 is 11.4. The normalized spacial score (nSPS) is 11.2. The van der Waals surface area contributed by atoms with Gasteiger partial charge in [0, 0.05) is 23.0 Å². The molecule has 0 fully saturated rings. The highest BCUT2D eigenvalue weighted by atomic mass is 79.9. The minimum absolute atomic E-state index is 0.276. The van der Waals surface area contributed by atoms with Crippen molar-refractivity contribution in [1.29, 1.82) is 0 Å². The maximum absolute atomic E-state index is 11.0. The van der Waals surface area contributed by atoms with Crippen LogP contribution in [0, 0.1) is 0 Å². The molecule has 1 aromatic carbocycles. The number of ether oxygens (including phenoxy) is 2. The Bertz CT molecular complexity index is 490. The van der Waals surface area contributed by atoms with Crippen LogP contribution in [-0.4, -0.2) is 25.7 Å². The van der Waals surface area contributed by atoms with E-state index in [-0.39, 0.29) is 17.9 Å². The van der Waals surface area contributed by atoms with Gasteiger partial charge in [0.2, 0.25) is 5.91 Å². The lowest BCUT2D eigenvalue weighted by molar-refractivity contribution is -0.119. The average molecular weight is 345 g/mol. The van der Waals surface area contributed by atoms with Crippen LogP contribution >= 0.6 is 15.9 Å². The first kappa shape index (κ1) is 16.8. The first-order valence-electron chi connectivity index (χ1n) is 6.23. The van der Waals surface area contributed by atoms with Crippen LogP contribution in [0.25, 0.3) is 0 Å². The zero-order valence-electron chi connectivity index (χ0n) is 12.2. The van der Waals surface area contributed by atoms with Gasteiger partial charge in [-0.25, -0.2) is 0 Å². The fourth-order valence-corrected chi connectivity index (χ4v) is 2.33. The lowest BCUT2D eigenvalue weighted by Gasteiger charge is -2.25. The molecule has 20 heavy (non-hydrogen) atoms. The molecule has 0 bridgehead atoms. The molecule has 0 radical (unpaired) electrons. The molecule has 3 N–H and O–H groups in total. The summed E-state index contributed by atoms with van der Waals surface area (Å²) in [4.78, 5) is 11.0. The van der Waals surface area contributed by atoms with Crippen LogP contribution in [0.3, 0.4) is 0 Å². The molecule has 0 unspecified atom stereocenters. The molecule has 5 nitrogen and oxygen atoms in total. The van der Waals surface area contributed by atoms with E-state index in [4.69, 9.17) is 15.2 Å². The van der Waals surface area contributed by atoms with Crippen molar-refractivity contribution in [2.24, 2.45) is 5.73 Å². The molecule has 0 aromatic heterocycles. The van der Waals surface area contributed by atoms with E-state index in [9.17, 15) is 4.79 Å². The van der Waals surface area contributed by atoms with Crippen LogP contribution < -0.4 is 20.5 Å². The van der Waals surface area contributed by atoms with E-state index in [2.05, 4.69) is 21.2 Å². The minimum atomic E-state index is -0.363. The SMILES string of the molecule is COc1cc(Br)c(CNC(C)(C)CC(N)=O)cc1OC. The lowest BCUT2D eigenvalue weighted by atomic mass is 10.00. The molecule has 0 spiro atoms. The molecule has 6 heteroatoms. The second-order valence-electron chi connectivity index (χ2n) is 5.18. The largest absolute Gasteiger partial charge is 0.493 e. The van der Waals surface area contributed by atoms with Crippen LogP contribution in [0.1, 0.15) is 25.8 Å². The second-order valence-corrected chi connectivity index (χ2v) is 6.03. The average Bonchev–Trinajstić information content (AvgIpc) is 2.35. The van der Waals surface area contributed by atoms with Gasteiger partial charge in [0.25, 0.3) is 0 Å². The maximum atomic E-state index is 11.0. The molecule has 0 aliphatic carbocycles. The van der Waals surface area contributed by atoms with E-state index >= 15 is 0 Å². The highest BCUT2D eigenvalue weighted by Gasteiger charge is 2.20. The Balaban J connectivity index is 2.85. The summed E-state index contributed by atoms with van der Waals surface area (Å²) in [6, 6.07) is 3.76. The Kier molecular flexibility index (Phi) is 5.83. The van der Waals surface area contributed by atoms with E-state index in [1.807, 2.05) is 26.0 Å². The molecule has 1 amide bonds. The summed E-state index contributed by atoms with van der Waals surface area (Å²) >= 11 is 3.50. The zero-order chi connectivity index (χ0) is 15.3. The van der Waals surface area contributed by atoms with Gasteiger partial charge in [-0.15, -0.1) is 0 Å². The highest BCUT2D eigenvalue weighted by molar-refractivity contribution is 9.10. The number of methoxy groups -OCH3 is 2. The van der Waals surface area contributed by atoms with Crippen molar-refractivity contribution in [1.82, 2.24) is 5.32 Å². The number of amides is 1. The Labute approximate surface area is 127 Å². The predicted octanol–water partition coefficient (Wildman–Crippen LogP) is 2.21. The zero-order valence-corrected chi connectivity index (χ0v) is 13.8. The number of carbonyl (C=O) groups excluding carboxylic acids is 1. The van der Waals surface area contributed by atoms with Crippen LogP contribution in [0.15, 0.2) is 16.6 Å². The summed E-state index contributed by atoms with van der Waals surface area (Å²) in [5.41, 5.74) is 5.89. The molecule has 1 rings (SSSR count). The van der Waals surface area contributed by atoms with Gasteiger partial charge in [-0.1, -0.05) is 15.9 Å². The number of halogens is 1. The van der Waals surface area contributed by atoms with Gasteiger partial charge in [0.1, 0.15) is 0 Å². The number of benzene rings is 1. The van der Waals surface area contributed by atoms with Gasteiger partial charge in [-0.05, 0) is 31.5 Å². The first-order valence-corrected chi connectivity index (χ1v) is 7.02. The highest BCUT2D eigenvalue weighted by Crippen LogP contribution is 2.33. The van der Waals surface area contributed by atoms with Crippen molar-refractivity contribution in [2.75, 3.05) is 14.2 Å². The van der Waals surface area contributed by atoms with E-state index in [1.54, 1.807) is 14.2 Å². The van der Waals surface area contributed by atoms with Gasteiger partial charge in [0.15, 0.2) is 11.5 Å². The molecule has 0 saturated carbocycles. The summed E-state index contributed by atoms with van der Waals surface area (Å²) in [6.07, 6.45) is 0.276. The monoisotopic (exact) mass is 344 g/mol. The topological polar surface area (TPSA) is 73.6 Å². The molecule has 0 aliphatic heterocycles. The fraction of sp³-hybridized carbons (Fsp3) is 0.500. The minimum Gasteiger partial charge on any atom is -0.493 e. The van der Waals surface area contributed by atoms with E-state index in [1.165, 1.54) is 0 Å². The summed E-state index contributed by atoms with van der Waals surface area (Å²) in [7, 11) is 3.19. The number of nitrogens with two attached hydrogens (primary N) is 1. The Morgan fingerprint density at radius 3 is 2.35 bits per heavy atom. The summed E-state index contributed by atoms with van der Waals surface area (Å²) in [5, 5.41) is 3.31. The predicted molar refractivity (Wildman–Crippen MR) is 82.0 cm³/mol. The van der Waals surface area contributed by atoms with E-state index in [0.29, 0.717) is 18.0 Å². The van der Waals surface area contributed by atoms with Gasteiger partial charge in [-0.2, -0.15) is 0 Å². The second kappa shape index (κ2) is 6.95. The summed E-state index contributed by atoms with van der Waals surface area (Å²) in [5.74, 6) is 1.01. The number of hydrogen-bond acceptors (Lipinski definition) is 4. The first-order chi connectivity index (χ1) is 9.29. The molecule has 0 aliphatic rings. The molecular weight excluding hydrogens is 324 g/mol. The van der Waals surface area contributed by atoms with Crippen LogP contribution in [0.4, 0.5) is 0 Å². The Morgan fingerprint density at radius 1 is 1.30 bits per heavy atom. The number of carbonyl (C=O) groups is 1. The van der Waals surface area contributed by atoms with Crippen molar-refractivity contribution in [3.05, 3.63) is 22.2 Å². The third-order valence-electron chi connectivity index (χ3n) is 2.93. The van der Waals surface area contributed by atoms with Gasteiger partial charge in [0.05, 0.1) is 14.2 Å². The Morgan fingerprint density at radius 2 is 1.85 bits per heavy atom. The molecular formula is C14H21BrN2O3. The number of nitrogens with one attached hydrogen (secondary N) is 1. The molecule has 0 heterocycles. The molecule has 0 atom stereocenters. The summed E-state index contributed by atoms with van der Waals surface area (Å²) in [6.45, 7) is 4.46. The third kappa shape index (κ3) is 4.68. The lowest BCUT2D eigenvalue weighted by Crippen LogP contribution is -2.42.